The molecular weight excluding hydrogens is 468 g/mol. The average Bonchev–Trinajstić information content (AvgIpc) is 2.58. The van der Waals surface area contributed by atoms with Gasteiger partial charge in [0.25, 0.3) is 0 Å². The van der Waals surface area contributed by atoms with Gasteiger partial charge in [0.2, 0.25) is 0 Å². The van der Waals surface area contributed by atoms with Gasteiger partial charge >= 0.3 is 151 Å². The van der Waals surface area contributed by atoms with Gasteiger partial charge in [-0.05, 0) is 0 Å². The van der Waals surface area contributed by atoms with Crippen LogP contribution in [0.2, 0.25) is 0 Å². The van der Waals surface area contributed by atoms with E-state index in [0.717, 1.165) is 0 Å². The van der Waals surface area contributed by atoms with Crippen LogP contribution in [-0.2, 0) is 12.6 Å². The van der Waals surface area contributed by atoms with Crippen molar-refractivity contribution >= 4 is 30.4 Å². The Hall–Kier alpha value is -2.01. The third-order valence-electron chi connectivity index (χ3n) is 2.54. The standard InChI is InChI=1S/C17H10F3IO3S/c18-17(19,20)25(22,23)24-21(16-12-5-2-6-13-16)14-8-7-11-15-9-3-1-4-10-15/h1-6,9-10,12-13H. The van der Waals surface area contributed by atoms with Gasteiger partial charge in [0.15, 0.2) is 0 Å². The molecule has 0 radical (unpaired) electrons. The van der Waals surface area contributed by atoms with E-state index in [2.05, 4.69) is 24.2 Å². The third kappa shape index (κ3) is 5.78. The van der Waals surface area contributed by atoms with E-state index < -0.39 is 35.9 Å². The topological polar surface area (TPSA) is 43.4 Å². The number of rotatable bonds is 3. The molecule has 0 spiro atoms. The van der Waals surface area contributed by atoms with Crippen LogP contribution in [0, 0.1) is 25.3 Å². The predicted octanol–water partition coefficient (Wildman–Crippen LogP) is 4.16. The molecule has 0 aliphatic heterocycles. The molecule has 0 aromatic heterocycles. The molecule has 0 aliphatic rings. The molecule has 0 bridgehead atoms. The van der Waals surface area contributed by atoms with Gasteiger partial charge in [0.1, 0.15) is 0 Å². The van der Waals surface area contributed by atoms with Crippen LogP contribution >= 0.6 is 20.2 Å². The van der Waals surface area contributed by atoms with Gasteiger partial charge in [-0.2, -0.15) is 0 Å². The Labute approximate surface area is 151 Å². The van der Waals surface area contributed by atoms with Crippen LogP contribution in [0.15, 0.2) is 60.7 Å². The zero-order chi connectivity index (χ0) is 18.3. The zero-order valence-electron chi connectivity index (χ0n) is 12.4. The number of alkyl halides is 3. The summed E-state index contributed by atoms with van der Waals surface area (Å²) >= 11 is -3.42. The molecule has 0 amide bonds. The SMILES string of the molecule is O=S(=O)(OI(C#CC#Cc1ccccc1)c1ccccc1)C(F)(F)F. The molecule has 0 N–H and O–H groups in total. The van der Waals surface area contributed by atoms with Gasteiger partial charge in [-0.15, -0.1) is 0 Å². The molecule has 25 heavy (non-hydrogen) atoms. The molecule has 0 unspecified atom stereocenters. The van der Waals surface area contributed by atoms with Crippen molar-refractivity contribution in [1.82, 2.24) is 0 Å². The molecule has 0 fully saturated rings. The van der Waals surface area contributed by atoms with Gasteiger partial charge in [-0.25, -0.2) is 0 Å². The molecule has 0 aliphatic carbocycles. The zero-order valence-corrected chi connectivity index (χ0v) is 15.4. The Morgan fingerprint density at radius 2 is 1.44 bits per heavy atom. The van der Waals surface area contributed by atoms with Gasteiger partial charge in [0.05, 0.1) is 0 Å². The van der Waals surface area contributed by atoms with Crippen molar-refractivity contribution in [2.45, 2.75) is 5.51 Å². The van der Waals surface area contributed by atoms with Gasteiger partial charge in [-0.3, -0.25) is 0 Å². The van der Waals surface area contributed by atoms with E-state index in [0.29, 0.717) is 9.13 Å². The third-order valence-corrected chi connectivity index (χ3v) is 8.50. The molecule has 2 rings (SSSR count). The summed E-state index contributed by atoms with van der Waals surface area (Å²) in [6, 6.07) is 16.6. The number of hydrogen-bond acceptors (Lipinski definition) is 3. The van der Waals surface area contributed by atoms with Crippen molar-refractivity contribution in [2.75, 3.05) is 0 Å². The average molecular weight is 478 g/mol. The normalized spacial score (nSPS) is 11.6. The van der Waals surface area contributed by atoms with E-state index in [9.17, 15) is 21.6 Å². The molecule has 2 aromatic carbocycles. The summed E-state index contributed by atoms with van der Waals surface area (Å²) in [5.41, 5.74) is -4.81. The van der Waals surface area contributed by atoms with Crippen molar-refractivity contribution in [1.29, 1.82) is 0 Å². The second-order valence-electron chi connectivity index (χ2n) is 4.34. The molecule has 8 heteroatoms. The maximum atomic E-state index is 12.6. The summed E-state index contributed by atoms with van der Waals surface area (Å²) < 4.78 is 67.4. The van der Waals surface area contributed by atoms with Gasteiger partial charge < -0.3 is 0 Å². The van der Waals surface area contributed by atoms with Gasteiger partial charge in [0, 0.05) is 0 Å². The fraction of sp³-hybridized carbons (Fsp3) is 0.0588. The Morgan fingerprint density at radius 1 is 0.880 bits per heavy atom. The van der Waals surface area contributed by atoms with E-state index >= 15 is 0 Å². The first-order chi connectivity index (χ1) is 11.8. The first-order valence-electron chi connectivity index (χ1n) is 6.62. The van der Waals surface area contributed by atoms with Crippen molar-refractivity contribution in [3.63, 3.8) is 0 Å². The quantitative estimate of drug-likeness (QED) is 0.378. The van der Waals surface area contributed by atoms with Crippen LogP contribution in [0.1, 0.15) is 5.56 Å². The summed E-state index contributed by atoms with van der Waals surface area (Å²) in [6.45, 7) is 0. The monoisotopic (exact) mass is 478 g/mol. The summed E-state index contributed by atoms with van der Waals surface area (Å²) in [4.78, 5) is 0. The van der Waals surface area contributed by atoms with E-state index in [-0.39, 0.29) is 0 Å². The minimum atomic E-state index is -5.72. The fourth-order valence-electron chi connectivity index (χ4n) is 1.45. The van der Waals surface area contributed by atoms with E-state index in [1.807, 2.05) is 6.07 Å². The second-order valence-corrected chi connectivity index (χ2v) is 10.1. The van der Waals surface area contributed by atoms with Crippen molar-refractivity contribution in [3.05, 3.63) is 69.8 Å². The minimum absolute atomic E-state index is 0.327. The Kier molecular flexibility index (Phi) is 6.48. The number of hydrogen-bond donors (Lipinski definition) is 0. The molecular formula is C17H10F3IO3S. The van der Waals surface area contributed by atoms with Crippen molar-refractivity contribution < 1.29 is 24.1 Å². The molecule has 2 aromatic rings. The van der Waals surface area contributed by atoms with Crippen LogP contribution in [0.4, 0.5) is 13.2 Å². The van der Waals surface area contributed by atoms with E-state index in [4.69, 9.17) is 0 Å². The second kappa shape index (κ2) is 8.39. The summed E-state index contributed by atoms with van der Waals surface area (Å²) in [6.07, 6.45) is 0. The van der Waals surface area contributed by atoms with Crippen LogP contribution in [-0.4, -0.2) is 13.9 Å². The first kappa shape index (κ1) is 19.3. The number of benzene rings is 2. The molecule has 130 valence electrons. The Morgan fingerprint density at radius 3 is 2.00 bits per heavy atom. The van der Waals surface area contributed by atoms with Crippen LogP contribution in [0.5, 0.6) is 0 Å². The summed E-state index contributed by atoms with van der Waals surface area (Å²) in [5, 5.41) is 0. The first-order valence-corrected chi connectivity index (χ1v) is 11.1. The molecule has 0 saturated heterocycles. The summed E-state index contributed by atoms with van der Waals surface area (Å²) in [5.74, 6) is 7.63. The molecule has 0 atom stereocenters. The van der Waals surface area contributed by atoms with Crippen molar-refractivity contribution in [2.24, 2.45) is 0 Å². The number of halogens is 4. The predicted molar refractivity (Wildman–Crippen MR) is 96.3 cm³/mol. The maximum absolute atomic E-state index is 12.6. The van der Waals surface area contributed by atoms with E-state index in [1.165, 1.54) is 12.1 Å². The van der Waals surface area contributed by atoms with Gasteiger partial charge in [-0.1, -0.05) is 0 Å². The van der Waals surface area contributed by atoms with Crippen LogP contribution in [0.25, 0.3) is 0 Å². The van der Waals surface area contributed by atoms with Crippen LogP contribution in [0.3, 0.4) is 0 Å². The Bertz CT molecular complexity index is 935. The molecule has 0 saturated carbocycles. The summed E-state index contributed by atoms with van der Waals surface area (Å²) in [7, 11) is -5.72. The van der Waals surface area contributed by atoms with Crippen molar-refractivity contribution in [3.8, 4) is 21.7 Å². The molecule has 3 nitrogen and oxygen atoms in total. The van der Waals surface area contributed by atoms with Crippen LogP contribution < -0.4 is 0 Å². The Balaban J connectivity index is 2.29. The van der Waals surface area contributed by atoms with E-state index in [1.54, 1.807) is 42.5 Å². The fourth-order valence-corrected chi connectivity index (χ4v) is 6.47. The molecule has 0 heterocycles.